The summed E-state index contributed by atoms with van der Waals surface area (Å²) in [6.45, 7) is 6.34. The minimum Gasteiger partial charge on any atom is -0.312 e. The zero-order chi connectivity index (χ0) is 14.4. The van der Waals surface area contributed by atoms with Gasteiger partial charge >= 0.3 is 0 Å². The first-order chi connectivity index (χ1) is 9.65. The molecule has 0 radical (unpaired) electrons. The molecular weight excluding hydrogens is 334 g/mol. The van der Waals surface area contributed by atoms with Gasteiger partial charge in [0.15, 0.2) is 0 Å². The Morgan fingerprint density at radius 3 is 2.80 bits per heavy atom. The summed E-state index contributed by atoms with van der Waals surface area (Å²) >= 11 is 5.25. The quantitative estimate of drug-likeness (QED) is 0.848. The minimum atomic E-state index is 0.667. The molecule has 1 N–H and O–H groups in total. The van der Waals surface area contributed by atoms with Crippen LogP contribution in [0.25, 0.3) is 0 Å². The van der Waals surface area contributed by atoms with Gasteiger partial charge in [0.05, 0.1) is 6.20 Å². The summed E-state index contributed by atoms with van der Waals surface area (Å²) in [4.78, 5) is 9.50. The fraction of sp³-hybridized carbons (Fsp3) is 0.333. The van der Waals surface area contributed by atoms with E-state index in [1.165, 1.54) is 5.56 Å². The molecule has 2 aromatic rings. The van der Waals surface area contributed by atoms with Gasteiger partial charge < -0.3 is 5.32 Å². The zero-order valence-electron chi connectivity index (χ0n) is 11.6. The van der Waals surface area contributed by atoms with Crippen molar-refractivity contribution in [3.05, 3.63) is 46.8 Å². The summed E-state index contributed by atoms with van der Waals surface area (Å²) in [5.41, 5.74) is 1.27. The average molecular weight is 352 g/mol. The topological polar surface area (TPSA) is 37.8 Å². The fourth-order valence-corrected chi connectivity index (χ4v) is 3.14. The molecule has 3 nitrogen and oxygen atoms in total. The summed E-state index contributed by atoms with van der Waals surface area (Å²) in [5.74, 6) is 0.667. The third kappa shape index (κ3) is 4.89. The van der Waals surface area contributed by atoms with Crippen molar-refractivity contribution < 1.29 is 0 Å². The van der Waals surface area contributed by atoms with Crippen LogP contribution in [0.4, 0.5) is 0 Å². The SMILES string of the molecule is CC(C)CNCc1ccc(Sc2cnccn2)cc1Br. The normalized spacial score (nSPS) is 11.0. The minimum absolute atomic E-state index is 0.667. The lowest BCUT2D eigenvalue weighted by molar-refractivity contribution is 0.551. The molecule has 0 fully saturated rings. The van der Waals surface area contributed by atoms with Gasteiger partial charge in [-0.15, -0.1) is 0 Å². The van der Waals surface area contributed by atoms with Gasteiger partial charge in [-0.3, -0.25) is 4.98 Å². The standard InChI is InChI=1S/C15H18BrN3S/c1-11(2)8-18-9-12-3-4-13(7-14(12)16)20-15-10-17-5-6-19-15/h3-7,10-11,18H,8-9H2,1-2H3. The lowest BCUT2D eigenvalue weighted by Crippen LogP contribution is -2.19. The fourth-order valence-electron chi connectivity index (χ4n) is 1.69. The van der Waals surface area contributed by atoms with Gasteiger partial charge in [-0.05, 0) is 30.2 Å². The lowest BCUT2D eigenvalue weighted by Gasteiger charge is -2.10. The van der Waals surface area contributed by atoms with Crippen molar-refractivity contribution in [1.82, 2.24) is 15.3 Å². The predicted octanol–water partition coefficient (Wildman–Crippen LogP) is 4.14. The summed E-state index contributed by atoms with van der Waals surface area (Å²) in [7, 11) is 0. The van der Waals surface area contributed by atoms with Crippen LogP contribution in [0.1, 0.15) is 19.4 Å². The highest BCUT2D eigenvalue weighted by atomic mass is 79.9. The molecule has 0 amide bonds. The average Bonchev–Trinajstić information content (AvgIpc) is 2.42. The van der Waals surface area contributed by atoms with Crippen molar-refractivity contribution >= 4 is 27.7 Å². The first kappa shape index (κ1) is 15.5. The van der Waals surface area contributed by atoms with E-state index in [4.69, 9.17) is 0 Å². The largest absolute Gasteiger partial charge is 0.312 e. The maximum atomic E-state index is 4.27. The highest BCUT2D eigenvalue weighted by Gasteiger charge is 2.04. The van der Waals surface area contributed by atoms with Crippen LogP contribution in [0.15, 0.2) is 51.2 Å². The van der Waals surface area contributed by atoms with Crippen molar-refractivity contribution in [3.63, 3.8) is 0 Å². The Labute approximate surface area is 132 Å². The van der Waals surface area contributed by atoms with E-state index in [1.54, 1.807) is 30.4 Å². The molecule has 1 aromatic heterocycles. The molecule has 0 spiro atoms. The number of nitrogens with one attached hydrogen (secondary N) is 1. The van der Waals surface area contributed by atoms with Crippen molar-refractivity contribution in [2.45, 2.75) is 30.3 Å². The van der Waals surface area contributed by atoms with Gasteiger partial charge in [0.1, 0.15) is 5.03 Å². The van der Waals surface area contributed by atoms with E-state index in [0.29, 0.717) is 5.92 Å². The molecule has 106 valence electrons. The van der Waals surface area contributed by atoms with Crippen LogP contribution in [0.5, 0.6) is 0 Å². The molecule has 1 aromatic carbocycles. The number of benzene rings is 1. The van der Waals surface area contributed by atoms with Crippen molar-refractivity contribution in [1.29, 1.82) is 0 Å². The molecule has 20 heavy (non-hydrogen) atoms. The van der Waals surface area contributed by atoms with Crippen molar-refractivity contribution in [2.24, 2.45) is 5.92 Å². The number of hydrogen-bond acceptors (Lipinski definition) is 4. The molecule has 0 aliphatic heterocycles. The van der Waals surface area contributed by atoms with Gasteiger partial charge in [-0.25, -0.2) is 4.98 Å². The zero-order valence-corrected chi connectivity index (χ0v) is 14.0. The van der Waals surface area contributed by atoms with Gasteiger partial charge in [0.2, 0.25) is 0 Å². The highest BCUT2D eigenvalue weighted by molar-refractivity contribution is 9.10. The van der Waals surface area contributed by atoms with E-state index >= 15 is 0 Å². The maximum absolute atomic E-state index is 4.27. The summed E-state index contributed by atoms with van der Waals surface area (Å²) in [6, 6.07) is 6.40. The van der Waals surface area contributed by atoms with Gasteiger partial charge in [0, 0.05) is 28.3 Å². The molecule has 0 aliphatic rings. The summed E-state index contributed by atoms with van der Waals surface area (Å²) in [6.07, 6.45) is 5.17. The van der Waals surface area contributed by atoms with Gasteiger partial charge in [0.25, 0.3) is 0 Å². The molecule has 5 heteroatoms. The third-order valence-electron chi connectivity index (χ3n) is 2.65. The van der Waals surface area contributed by atoms with E-state index in [1.807, 2.05) is 0 Å². The molecule has 0 saturated heterocycles. The Morgan fingerprint density at radius 2 is 2.15 bits per heavy atom. The smallest absolute Gasteiger partial charge is 0.119 e. The second-order valence-corrected chi connectivity index (χ2v) is 6.87. The van der Waals surface area contributed by atoms with Crippen LogP contribution in [-0.4, -0.2) is 16.5 Å². The van der Waals surface area contributed by atoms with E-state index < -0.39 is 0 Å². The first-order valence-corrected chi connectivity index (χ1v) is 8.19. The predicted molar refractivity (Wildman–Crippen MR) is 86.8 cm³/mol. The van der Waals surface area contributed by atoms with Crippen LogP contribution in [0, 0.1) is 5.92 Å². The maximum Gasteiger partial charge on any atom is 0.119 e. The lowest BCUT2D eigenvalue weighted by atomic mass is 10.2. The van der Waals surface area contributed by atoms with Crippen molar-refractivity contribution in [2.75, 3.05) is 6.54 Å². The van der Waals surface area contributed by atoms with E-state index in [0.717, 1.165) is 27.5 Å². The van der Waals surface area contributed by atoms with E-state index in [2.05, 4.69) is 63.3 Å². The van der Waals surface area contributed by atoms with Crippen LogP contribution in [0.3, 0.4) is 0 Å². The Morgan fingerprint density at radius 1 is 1.30 bits per heavy atom. The Kier molecular flexibility index (Phi) is 6.01. The molecule has 1 heterocycles. The molecular formula is C15H18BrN3S. The van der Waals surface area contributed by atoms with Gasteiger partial charge in [-0.2, -0.15) is 0 Å². The molecule has 0 bridgehead atoms. The van der Waals surface area contributed by atoms with E-state index in [-0.39, 0.29) is 0 Å². The third-order valence-corrected chi connectivity index (χ3v) is 4.30. The Balaban J connectivity index is 1.98. The van der Waals surface area contributed by atoms with Crippen LogP contribution in [0.2, 0.25) is 0 Å². The Bertz CT molecular complexity index is 546. The van der Waals surface area contributed by atoms with Gasteiger partial charge in [-0.1, -0.05) is 47.6 Å². The Hall–Kier alpha value is -0.910. The summed E-state index contributed by atoms with van der Waals surface area (Å²) in [5, 5.41) is 4.36. The molecule has 2 rings (SSSR count). The van der Waals surface area contributed by atoms with Crippen molar-refractivity contribution in [3.8, 4) is 0 Å². The number of rotatable bonds is 6. The second-order valence-electron chi connectivity index (χ2n) is 4.92. The first-order valence-electron chi connectivity index (χ1n) is 6.58. The summed E-state index contributed by atoms with van der Waals surface area (Å²) < 4.78 is 1.13. The molecule has 0 unspecified atom stereocenters. The van der Waals surface area contributed by atoms with E-state index in [9.17, 15) is 0 Å². The number of nitrogens with zero attached hydrogens (tertiary/aromatic N) is 2. The molecule has 0 aliphatic carbocycles. The van der Waals surface area contributed by atoms with Crippen LogP contribution < -0.4 is 5.32 Å². The number of halogens is 1. The second kappa shape index (κ2) is 7.76. The number of aromatic nitrogens is 2. The highest BCUT2D eigenvalue weighted by Crippen LogP contribution is 2.29. The molecule has 0 atom stereocenters. The van der Waals surface area contributed by atoms with Crippen LogP contribution in [-0.2, 0) is 6.54 Å². The molecule has 0 saturated carbocycles. The number of hydrogen-bond donors (Lipinski definition) is 1. The monoisotopic (exact) mass is 351 g/mol. The van der Waals surface area contributed by atoms with Crippen LogP contribution >= 0.6 is 27.7 Å².